The van der Waals surface area contributed by atoms with Gasteiger partial charge in [0.15, 0.2) is 0 Å². The van der Waals surface area contributed by atoms with Crippen molar-refractivity contribution in [3.8, 4) is 0 Å². The second-order valence-corrected chi connectivity index (χ2v) is 5.90. The summed E-state index contributed by atoms with van der Waals surface area (Å²) >= 11 is 5.00. The second-order valence-electron chi connectivity index (χ2n) is 5.46. The molecule has 2 rings (SSSR count). The summed E-state index contributed by atoms with van der Waals surface area (Å²) in [4.78, 5) is 16.1. The van der Waals surface area contributed by atoms with Gasteiger partial charge in [-0.05, 0) is 32.0 Å². The van der Waals surface area contributed by atoms with E-state index in [0.29, 0.717) is 24.3 Å². The zero-order valence-electron chi connectivity index (χ0n) is 11.8. The molecule has 0 aliphatic carbocycles. The first kappa shape index (κ1) is 14.7. The molecule has 1 aliphatic heterocycles. The van der Waals surface area contributed by atoms with Crippen LogP contribution >= 0.6 is 12.2 Å². The van der Waals surface area contributed by atoms with Gasteiger partial charge in [-0.3, -0.25) is 4.79 Å². The quantitative estimate of drug-likeness (QED) is 0.841. The number of rotatable bonds is 2. The molecule has 1 amide bonds. The Hall–Kier alpha value is -1.69. The fourth-order valence-electron chi connectivity index (χ4n) is 2.58. The molecule has 1 heterocycles. The molecule has 2 N–H and O–H groups in total. The van der Waals surface area contributed by atoms with Crippen LogP contribution in [0.3, 0.4) is 0 Å². The van der Waals surface area contributed by atoms with Crippen LogP contribution in [0.1, 0.15) is 19.4 Å². The van der Waals surface area contributed by atoms with E-state index in [1.807, 2.05) is 18.7 Å². The highest BCUT2D eigenvalue weighted by molar-refractivity contribution is 7.80. The van der Waals surface area contributed by atoms with E-state index in [0.717, 1.165) is 0 Å². The van der Waals surface area contributed by atoms with E-state index >= 15 is 0 Å². The van der Waals surface area contributed by atoms with Crippen molar-refractivity contribution in [2.75, 3.05) is 25.0 Å². The maximum absolute atomic E-state index is 13.4. The Bertz CT molecular complexity index is 574. The molecule has 1 saturated heterocycles. The third kappa shape index (κ3) is 2.35. The number of nitrogens with zero attached hydrogens (tertiary/aromatic N) is 2. The Morgan fingerprint density at radius 2 is 2.05 bits per heavy atom. The predicted octanol–water partition coefficient (Wildman–Crippen LogP) is 1.52. The molecule has 1 aromatic rings. The van der Waals surface area contributed by atoms with Crippen LogP contribution in [0, 0.1) is 5.82 Å². The van der Waals surface area contributed by atoms with Crippen molar-refractivity contribution >= 4 is 28.8 Å². The van der Waals surface area contributed by atoms with Crippen LogP contribution in [-0.2, 0) is 4.79 Å². The summed E-state index contributed by atoms with van der Waals surface area (Å²) in [5.74, 6) is -0.378. The molecule has 0 saturated carbocycles. The lowest BCUT2D eigenvalue weighted by Crippen LogP contribution is -2.62. The fraction of sp³-hybridized carbons (Fsp3) is 0.429. The minimum atomic E-state index is -0.718. The Morgan fingerprint density at radius 3 is 2.65 bits per heavy atom. The number of benzene rings is 1. The first-order valence-corrected chi connectivity index (χ1v) is 6.78. The van der Waals surface area contributed by atoms with Gasteiger partial charge in [0, 0.05) is 31.4 Å². The number of carbonyl (C=O) groups excluding carboxylic acids is 1. The zero-order valence-corrected chi connectivity index (χ0v) is 12.6. The number of likely N-dealkylation sites (N-methyl/N-ethyl adjacent to an activating group) is 1. The van der Waals surface area contributed by atoms with Crippen LogP contribution in [0.5, 0.6) is 0 Å². The number of halogens is 1. The lowest BCUT2D eigenvalue weighted by Gasteiger charge is -2.46. The third-order valence-corrected chi connectivity index (χ3v) is 3.94. The molecule has 0 radical (unpaired) electrons. The highest BCUT2D eigenvalue weighted by Crippen LogP contribution is 2.31. The Labute approximate surface area is 123 Å². The standard InChI is InChI=1S/C14H18FN3OS/c1-14(2)13(19)17(3)6-7-18(14)11-5-4-9(15)8-10(11)12(16)20/h4-5,8H,6-7H2,1-3H3,(H2,16,20). The summed E-state index contributed by atoms with van der Waals surface area (Å²) in [6, 6.07) is 4.30. The first-order chi connectivity index (χ1) is 9.25. The Kier molecular flexibility index (Phi) is 3.69. The number of carbonyl (C=O) groups is 1. The predicted molar refractivity (Wildman–Crippen MR) is 81.3 cm³/mol. The van der Waals surface area contributed by atoms with E-state index in [9.17, 15) is 9.18 Å². The summed E-state index contributed by atoms with van der Waals surface area (Å²) in [5.41, 5.74) is 6.13. The van der Waals surface area contributed by atoms with E-state index in [2.05, 4.69) is 0 Å². The van der Waals surface area contributed by atoms with Crippen LogP contribution < -0.4 is 10.6 Å². The van der Waals surface area contributed by atoms with Gasteiger partial charge in [-0.25, -0.2) is 4.39 Å². The Balaban J connectivity index is 2.51. The van der Waals surface area contributed by atoms with Gasteiger partial charge in [-0.1, -0.05) is 12.2 Å². The molecule has 0 unspecified atom stereocenters. The van der Waals surface area contributed by atoms with Crippen LogP contribution in [-0.4, -0.2) is 41.5 Å². The van der Waals surface area contributed by atoms with E-state index in [1.54, 1.807) is 18.0 Å². The van der Waals surface area contributed by atoms with E-state index in [-0.39, 0.29) is 10.9 Å². The van der Waals surface area contributed by atoms with Crippen molar-refractivity contribution in [3.05, 3.63) is 29.6 Å². The molecule has 6 heteroatoms. The average Bonchev–Trinajstić information content (AvgIpc) is 2.37. The number of nitrogens with two attached hydrogens (primary N) is 1. The fourth-order valence-corrected chi connectivity index (χ4v) is 2.74. The molecule has 108 valence electrons. The summed E-state index contributed by atoms with van der Waals surface area (Å²) in [6.07, 6.45) is 0. The van der Waals surface area contributed by atoms with E-state index in [1.165, 1.54) is 12.1 Å². The van der Waals surface area contributed by atoms with Crippen LogP contribution in [0.25, 0.3) is 0 Å². The number of piperazine rings is 1. The van der Waals surface area contributed by atoms with Crippen LogP contribution in [0.15, 0.2) is 18.2 Å². The minimum absolute atomic E-state index is 0.0157. The van der Waals surface area contributed by atoms with Gasteiger partial charge in [0.05, 0.1) is 0 Å². The molecule has 0 atom stereocenters. The molecule has 1 aliphatic rings. The lowest BCUT2D eigenvalue weighted by molar-refractivity contribution is -0.136. The zero-order chi connectivity index (χ0) is 15.1. The SMILES string of the molecule is CN1CCN(c2ccc(F)cc2C(N)=S)C(C)(C)C1=O. The number of amides is 1. The number of hydrogen-bond acceptors (Lipinski definition) is 3. The number of anilines is 1. The average molecular weight is 295 g/mol. The van der Waals surface area contributed by atoms with E-state index in [4.69, 9.17) is 18.0 Å². The van der Waals surface area contributed by atoms with Crippen molar-refractivity contribution in [1.82, 2.24) is 4.90 Å². The lowest BCUT2D eigenvalue weighted by atomic mass is 9.95. The highest BCUT2D eigenvalue weighted by atomic mass is 32.1. The van der Waals surface area contributed by atoms with Crippen LogP contribution in [0.2, 0.25) is 0 Å². The van der Waals surface area contributed by atoms with Gasteiger partial charge in [0.2, 0.25) is 5.91 Å². The molecule has 1 aromatic carbocycles. The molecule has 20 heavy (non-hydrogen) atoms. The van der Waals surface area contributed by atoms with Gasteiger partial charge in [-0.15, -0.1) is 0 Å². The van der Waals surface area contributed by atoms with E-state index < -0.39 is 11.4 Å². The molecule has 0 bridgehead atoms. The highest BCUT2D eigenvalue weighted by Gasteiger charge is 2.41. The maximum Gasteiger partial charge on any atom is 0.247 e. The molecular weight excluding hydrogens is 277 g/mol. The van der Waals surface area contributed by atoms with Crippen molar-refractivity contribution in [1.29, 1.82) is 0 Å². The molecule has 1 fully saturated rings. The third-order valence-electron chi connectivity index (χ3n) is 3.72. The summed E-state index contributed by atoms with van der Waals surface area (Å²) in [5, 5.41) is 0. The Morgan fingerprint density at radius 1 is 1.40 bits per heavy atom. The van der Waals surface area contributed by atoms with Gasteiger partial charge in [-0.2, -0.15) is 0 Å². The van der Waals surface area contributed by atoms with Crippen molar-refractivity contribution < 1.29 is 9.18 Å². The van der Waals surface area contributed by atoms with Gasteiger partial charge in [0.25, 0.3) is 0 Å². The molecule has 0 aromatic heterocycles. The monoisotopic (exact) mass is 295 g/mol. The topological polar surface area (TPSA) is 49.6 Å². The number of hydrogen-bond donors (Lipinski definition) is 1. The molecular formula is C14H18FN3OS. The molecule has 4 nitrogen and oxygen atoms in total. The first-order valence-electron chi connectivity index (χ1n) is 6.37. The largest absolute Gasteiger partial charge is 0.389 e. The summed E-state index contributed by atoms with van der Waals surface area (Å²) in [7, 11) is 1.78. The minimum Gasteiger partial charge on any atom is -0.389 e. The summed E-state index contributed by atoms with van der Waals surface area (Å²) in [6.45, 7) is 4.95. The number of thiocarbonyl (C=S) groups is 1. The van der Waals surface area contributed by atoms with Crippen molar-refractivity contribution in [3.63, 3.8) is 0 Å². The van der Waals surface area contributed by atoms with Crippen molar-refractivity contribution in [2.24, 2.45) is 5.73 Å². The van der Waals surface area contributed by atoms with Crippen molar-refractivity contribution in [2.45, 2.75) is 19.4 Å². The normalized spacial score (nSPS) is 18.3. The van der Waals surface area contributed by atoms with Gasteiger partial charge in [0.1, 0.15) is 16.3 Å². The van der Waals surface area contributed by atoms with Gasteiger partial charge < -0.3 is 15.5 Å². The van der Waals surface area contributed by atoms with Gasteiger partial charge >= 0.3 is 0 Å². The second kappa shape index (κ2) is 5.01. The van der Waals surface area contributed by atoms with Crippen LogP contribution in [0.4, 0.5) is 10.1 Å². The smallest absolute Gasteiger partial charge is 0.247 e. The summed E-state index contributed by atoms with van der Waals surface area (Å²) < 4.78 is 13.4. The molecule has 0 spiro atoms. The maximum atomic E-state index is 13.4.